The van der Waals surface area contributed by atoms with E-state index in [4.69, 9.17) is 4.74 Å². The number of carbonyl (C=O) groups is 1. The van der Waals surface area contributed by atoms with Crippen LogP contribution in [0.5, 0.6) is 0 Å². The minimum absolute atomic E-state index is 0.0312. The molecule has 0 saturated carbocycles. The molecule has 24 heavy (non-hydrogen) atoms. The van der Waals surface area contributed by atoms with Crippen LogP contribution in [-0.4, -0.2) is 57.9 Å². The fourth-order valence-corrected chi connectivity index (χ4v) is 3.46. The molecule has 130 valence electrons. The third kappa shape index (κ3) is 4.62. The first-order chi connectivity index (χ1) is 11.6. The van der Waals surface area contributed by atoms with Crippen LogP contribution in [0.2, 0.25) is 0 Å². The monoisotopic (exact) mass is 349 g/mol. The Bertz CT molecular complexity index is 670. The molecule has 1 aliphatic heterocycles. The maximum atomic E-state index is 12.1. The number of hydrogen-bond donors (Lipinski definition) is 1. The molecule has 2 aromatic heterocycles. The summed E-state index contributed by atoms with van der Waals surface area (Å²) in [4.78, 5) is 19.7. The van der Waals surface area contributed by atoms with Crippen LogP contribution in [0.1, 0.15) is 16.5 Å². The van der Waals surface area contributed by atoms with Gasteiger partial charge in [0.2, 0.25) is 5.91 Å². The molecule has 3 heterocycles. The summed E-state index contributed by atoms with van der Waals surface area (Å²) >= 11 is 1.65. The molecule has 0 radical (unpaired) electrons. The Morgan fingerprint density at radius 3 is 3.08 bits per heavy atom. The Morgan fingerprint density at radius 2 is 2.38 bits per heavy atom. The van der Waals surface area contributed by atoms with Crippen LogP contribution < -0.4 is 5.32 Å². The number of amides is 1. The van der Waals surface area contributed by atoms with E-state index in [0.29, 0.717) is 26.2 Å². The number of rotatable bonds is 6. The topological polar surface area (TPSA) is 72.3 Å². The highest BCUT2D eigenvalue weighted by Gasteiger charge is 2.23. The zero-order valence-electron chi connectivity index (χ0n) is 14.1. The molecular weight excluding hydrogens is 326 g/mol. The molecule has 1 saturated heterocycles. The average Bonchev–Trinajstić information content (AvgIpc) is 3.16. The highest BCUT2D eigenvalue weighted by atomic mass is 32.1. The summed E-state index contributed by atoms with van der Waals surface area (Å²) in [5, 5.41) is 9.36. The molecule has 8 heteroatoms. The van der Waals surface area contributed by atoms with Gasteiger partial charge in [-0.15, -0.1) is 11.3 Å². The first-order valence-electron chi connectivity index (χ1n) is 8.11. The Hall–Kier alpha value is -1.77. The van der Waals surface area contributed by atoms with Crippen LogP contribution in [0.25, 0.3) is 0 Å². The molecule has 0 spiro atoms. The summed E-state index contributed by atoms with van der Waals surface area (Å²) in [6.45, 7) is 7.63. The lowest BCUT2D eigenvalue weighted by atomic mass is 10.2. The lowest BCUT2D eigenvalue weighted by Gasteiger charge is -2.32. The summed E-state index contributed by atoms with van der Waals surface area (Å²) in [5.74, 6) is 1.71. The van der Waals surface area contributed by atoms with Crippen LogP contribution in [0.15, 0.2) is 17.5 Å². The first kappa shape index (κ1) is 17.1. The van der Waals surface area contributed by atoms with Gasteiger partial charge in [0, 0.05) is 18.0 Å². The number of carbonyl (C=O) groups excluding carboxylic acids is 1. The van der Waals surface area contributed by atoms with Crippen molar-refractivity contribution < 1.29 is 9.53 Å². The Labute approximate surface area is 145 Å². The molecule has 1 N–H and O–H groups in total. The molecule has 1 atom stereocenters. The number of aromatic nitrogens is 3. The Balaban J connectivity index is 1.46. The van der Waals surface area contributed by atoms with Crippen molar-refractivity contribution >= 4 is 17.2 Å². The second kappa shape index (κ2) is 7.87. The number of nitrogens with one attached hydrogen (secondary N) is 1. The minimum atomic E-state index is 0.0312. The predicted molar refractivity (Wildman–Crippen MR) is 91.8 cm³/mol. The molecule has 1 amide bonds. The first-order valence-corrected chi connectivity index (χ1v) is 8.99. The molecule has 3 rings (SSSR count). The Morgan fingerprint density at radius 1 is 1.50 bits per heavy atom. The average molecular weight is 349 g/mol. The quantitative estimate of drug-likeness (QED) is 0.841. The van der Waals surface area contributed by atoms with E-state index in [2.05, 4.69) is 20.3 Å². The van der Waals surface area contributed by atoms with Crippen molar-refractivity contribution in [2.75, 3.05) is 26.2 Å². The fraction of sp³-hybridized carbons (Fsp3) is 0.562. The molecule has 7 nitrogen and oxygen atoms in total. The molecule has 0 aliphatic carbocycles. The van der Waals surface area contributed by atoms with Crippen molar-refractivity contribution in [2.45, 2.75) is 33.0 Å². The van der Waals surface area contributed by atoms with E-state index in [1.54, 1.807) is 11.3 Å². The number of aryl methyl sites for hydroxylation is 2. The van der Waals surface area contributed by atoms with Crippen LogP contribution in [0, 0.1) is 13.8 Å². The van der Waals surface area contributed by atoms with Crippen molar-refractivity contribution in [1.82, 2.24) is 25.0 Å². The van der Waals surface area contributed by atoms with E-state index in [9.17, 15) is 4.79 Å². The van der Waals surface area contributed by atoms with Crippen molar-refractivity contribution in [2.24, 2.45) is 0 Å². The number of hydrogen-bond acceptors (Lipinski definition) is 6. The lowest BCUT2D eigenvalue weighted by Crippen LogP contribution is -2.48. The highest BCUT2D eigenvalue weighted by Crippen LogP contribution is 2.10. The zero-order valence-corrected chi connectivity index (χ0v) is 14.9. The molecular formula is C16H23N5O2S. The largest absolute Gasteiger partial charge is 0.374 e. The van der Waals surface area contributed by atoms with E-state index < -0.39 is 0 Å². The molecule has 1 fully saturated rings. The van der Waals surface area contributed by atoms with Crippen LogP contribution in [0.3, 0.4) is 0 Å². The van der Waals surface area contributed by atoms with E-state index in [-0.39, 0.29) is 12.0 Å². The maximum absolute atomic E-state index is 12.1. The third-order valence-electron chi connectivity index (χ3n) is 3.97. The van der Waals surface area contributed by atoms with Crippen molar-refractivity contribution in [3.8, 4) is 0 Å². The molecule has 0 aromatic carbocycles. The summed E-state index contributed by atoms with van der Waals surface area (Å²) in [7, 11) is 0. The Kier molecular flexibility index (Phi) is 5.60. The summed E-state index contributed by atoms with van der Waals surface area (Å²) in [5.41, 5.74) is 0. The van der Waals surface area contributed by atoms with E-state index in [1.165, 1.54) is 4.88 Å². The normalized spacial score (nSPS) is 18.7. The number of morpholine rings is 1. The lowest BCUT2D eigenvalue weighted by molar-refractivity contribution is -0.124. The molecule has 2 aromatic rings. The predicted octanol–water partition coefficient (Wildman–Crippen LogP) is 0.974. The smallest absolute Gasteiger partial charge is 0.234 e. The number of ether oxygens (including phenoxy) is 1. The number of thiophene rings is 1. The van der Waals surface area contributed by atoms with Gasteiger partial charge in [-0.25, -0.2) is 9.67 Å². The molecule has 1 aliphatic rings. The van der Waals surface area contributed by atoms with E-state index in [1.807, 2.05) is 36.0 Å². The van der Waals surface area contributed by atoms with Crippen molar-refractivity contribution in [3.63, 3.8) is 0 Å². The van der Waals surface area contributed by atoms with Gasteiger partial charge in [0.1, 0.15) is 11.6 Å². The van der Waals surface area contributed by atoms with Crippen LogP contribution >= 0.6 is 11.3 Å². The zero-order chi connectivity index (χ0) is 16.9. The second-order valence-electron chi connectivity index (χ2n) is 5.97. The molecule has 0 bridgehead atoms. The van der Waals surface area contributed by atoms with Crippen molar-refractivity contribution in [1.29, 1.82) is 0 Å². The van der Waals surface area contributed by atoms with Gasteiger partial charge in [0.15, 0.2) is 0 Å². The molecule has 1 unspecified atom stereocenters. The van der Waals surface area contributed by atoms with Gasteiger partial charge in [-0.2, -0.15) is 5.10 Å². The number of nitrogens with zero attached hydrogens (tertiary/aromatic N) is 4. The van der Waals surface area contributed by atoms with Gasteiger partial charge in [-0.05, 0) is 25.3 Å². The van der Waals surface area contributed by atoms with Crippen LogP contribution in [0.4, 0.5) is 0 Å². The van der Waals surface area contributed by atoms with E-state index >= 15 is 0 Å². The van der Waals surface area contributed by atoms with Gasteiger partial charge >= 0.3 is 0 Å². The standard InChI is InChI=1S/C16H23N5O2S/c1-12-18-13(2)21(19-12)10-14-9-20(5-6-23-14)11-16(22)17-8-15-4-3-7-24-15/h3-4,7,14H,5-6,8-11H2,1-2H3,(H,17,22). The van der Waals surface area contributed by atoms with Gasteiger partial charge in [-0.3, -0.25) is 9.69 Å². The summed E-state index contributed by atoms with van der Waals surface area (Å²) in [6.07, 6.45) is 0.0312. The minimum Gasteiger partial charge on any atom is -0.374 e. The third-order valence-corrected chi connectivity index (χ3v) is 4.85. The summed E-state index contributed by atoms with van der Waals surface area (Å²) in [6, 6.07) is 4.02. The van der Waals surface area contributed by atoms with Crippen LogP contribution in [-0.2, 0) is 22.6 Å². The van der Waals surface area contributed by atoms with Gasteiger partial charge in [-0.1, -0.05) is 6.07 Å². The maximum Gasteiger partial charge on any atom is 0.234 e. The van der Waals surface area contributed by atoms with Gasteiger partial charge in [0.05, 0.1) is 32.3 Å². The summed E-state index contributed by atoms with van der Waals surface area (Å²) < 4.78 is 7.69. The highest BCUT2D eigenvalue weighted by molar-refractivity contribution is 7.09. The van der Waals surface area contributed by atoms with Gasteiger partial charge < -0.3 is 10.1 Å². The van der Waals surface area contributed by atoms with E-state index in [0.717, 1.165) is 24.7 Å². The SMILES string of the molecule is Cc1nc(C)n(CC2CN(CC(=O)NCc3cccs3)CCO2)n1. The van der Waals surface area contributed by atoms with Crippen molar-refractivity contribution in [3.05, 3.63) is 34.0 Å². The second-order valence-corrected chi connectivity index (χ2v) is 7.00. The van der Waals surface area contributed by atoms with Gasteiger partial charge in [0.25, 0.3) is 0 Å². The fourth-order valence-electron chi connectivity index (χ4n) is 2.82.